The highest BCUT2D eigenvalue weighted by atomic mass is 16.3. The molecule has 1 aliphatic rings. The Kier molecular flexibility index (Phi) is 4.37. The lowest BCUT2D eigenvalue weighted by Crippen LogP contribution is -2.09. The van der Waals surface area contributed by atoms with Crippen LogP contribution in [-0.2, 0) is 0 Å². The van der Waals surface area contributed by atoms with Gasteiger partial charge in [0.15, 0.2) is 0 Å². The summed E-state index contributed by atoms with van der Waals surface area (Å²) in [6.07, 6.45) is 10.3. The first-order valence-electron chi connectivity index (χ1n) is 5.21. The van der Waals surface area contributed by atoms with Gasteiger partial charge in [0, 0.05) is 0 Å². The third-order valence-corrected chi connectivity index (χ3v) is 2.57. The van der Waals surface area contributed by atoms with Gasteiger partial charge in [-0.1, -0.05) is 25.8 Å². The second-order valence-electron chi connectivity index (χ2n) is 3.68. The van der Waals surface area contributed by atoms with E-state index in [4.69, 9.17) is 0 Å². The molecule has 0 aromatic heterocycles. The van der Waals surface area contributed by atoms with Crippen molar-refractivity contribution in [1.29, 1.82) is 0 Å². The number of hydrogen-bond donors (Lipinski definition) is 1. The molecule has 1 N–H and O–H groups in total. The summed E-state index contributed by atoms with van der Waals surface area (Å²) in [7, 11) is 0. The maximum Gasteiger partial charge on any atom is 0.0750 e. The molecule has 0 fully saturated rings. The van der Waals surface area contributed by atoms with Crippen LogP contribution in [-0.4, -0.2) is 11.2 Å². The Balaban J connectivity index is 2.41. The SMILES string of the molecule is CCCC(O)C1=CCCCCC1. The molecular formula is C11H20O. The van der Waals surface area contributed by atoms with Gasteiger partial charge in [-0.15, -0.1) is 0 Å². The molecule has 0 heterocycles. The van der Waals surface area contributed by atoms with Crippen molar-refractivity contribution in [3.05, 3.63) is 11.6 Å². The molecule has 0 spiro atoms. The Labute approximate surface area is 75.5 Å². The molecule has 0 saturated carbocycles. The fraction of sp³-hybridized carbons (Fsp3) is 0.818. The first-order valence-corrected chi connectivity index (χ1v) is 5.21. The maximum atomic E-state index is 9.73. The molecule has 1 rings (SSSR count). The third kappa shape index (κ3) is 2.98. The second-order valence-corrected chi connectivity index (χ2v) is 3.68. The van der Waals surface area contributed by atoms with Gasteiger partial charge in [-0.3, -0.25) is 0 Å². The Hall–Kier alpha value is -0.300. The van der Waals surface area contributed by atoms with Crippen LogP contribution >= 0.6 is 0 Å². The van der Waals surface area contributed by atoms with Gasteiger partial charge < -0.3 is 5.11 Å². The molecule has 0 saturated heterocycles. The van der Waals surface area contributed by atoms with Crippen LogP contribution in [0.5, 0.6) is 0 Å². The van der Waals surface area contributed by atoms with Crippen LogP contribution in [0.2, 0.25) is 0 Å². The summed E-state index contributed by atoms with van der Waals surface area (Å²) >= 11 is 0. The monoisotopic (exact) mass is 168 g/mol. The zero-order valence-corrected chi connectivity index (χ0v) is 8.05. The first-order chi connectivity index (χ1) is 5.84. The quantitative estimate of drug-likeness (QED) is 0.642. The minimum Gasteiger partial charge on any atom is -0.389 e. The average molecular weight is 168 g/mol. The average Bonchev–Trinajstić information content (AvgIpc) is 2.32. The summed E-state index contributed by atoms with van der Waals surface area (Å²) in [6, 6.07) is 0. The Bertz CT molecular complexity index is 149. The van der Waals surface area contributed by atoms with Crippen molar-refractivity contribution in [3.63, 3.8) is 0 Å². The third-order valence-electron chi connectivity index (χ3n) is 2.57. The molecule has 0 radical (unpaired) electrons. The van der Waals surface area contributed by atoms with Crippen molar-refractivity contribution >= 4 is 0 Å². The summed E-state index contributed by atoms with van der Waals surface area (Å²) in [5, 5.41) is 9.73. The summed E-state index contributed by atoms with van der Waals surface area (Å²) in [5.41, 5.74) is 1.30. The highest BCUT2D eigenvalue weighted by Crippen LogP contribution is 2.21. The summed E-state index contributed by atoms with van der Waals surface area (Å²) in [6.45, 7) is 2.13. The predicted octanol–water partition coefficient (Wildman–Crippen LogP) is 3.04. The Morgan fingerprint density at radius 3 is 3.00 bits per heavy atom. The van der Waals surface area contributed by atoms with Crippen molar-refractivity contribution in [2.45, 2.75) is 58.0 Å². The van der Waals surface area contributed by atoms with Crippen LogP contribution in [0.25, 0.3) is 0 Å². The van der Waals surface area contributed by atoms with E-state index in [1.54, 1.807) is 0 Å². The van der Waals surface area contributed by atoms with Crippen molar-refractivity contribution in [2.24, 2.45) is 0 Å². The molecule has 1 unspecified atom stereocenters. The van der Waals surface area contributed by atoms with E-state index in [9.17, 15) is 5.11 Å². The van der Waals surface area contributed by atoms with Gasteiger partial charge >= 0.3 is 0 Å². The summed E-state index contributed by atoms with van der Waals surface area (Å²) < 4.78 is 0. The van der Waals surface area contributed by atoms with Crippen molar-refractivity contribution < 1.29 is 5.11 Å². The van der Waals surface area contributed by atoms with E-state index in [1.807, 2.05) is 0 Å². The number of aliphatic hydroxyl groups excluding tert-OH is 1. The van der Waals surface area contributed by atoms with E-state index in [1.165, 1.54) is 31.3 Å². The molecule has 0 aromatic carbocycles. The minimum absolute atomic E-state index is 0.145. The zero-order chi connectivity index (χ0) is 8.81. The van der Waals surface area contributed by atoms with Gasteiger partial charge in [-0.25, -0.2) is 0 Å². The van der Waals surface area contributed by atoms with Crippen LogP contribution in [0.1, 0.15) is 51.9 Å². The first kappa shape index (κ1) is 9.79. The standard InChI is InChI=1S/C11H20O/c1-2-7-11(12)10-8-5-3-4-6-9-10/h8,11-12H,2-7,9H2,1H3. The topological polar surface area (TPSA) is 20.2 Å². The fourth-order valence-corrected chi connectivity index (χ4v) is 1.80. The second kappa shape index (κ2) is 5.36. The normalized spacial score (nSPS) is 21.3. The van der Waals surface area contributed by atoms with E-state index in [-0.39, 0.29) is 6.10 Å². The minimum atomic E-state index is -0.145. The van der Waals surface area contributed by atoms with Gasteiger partial charge in [0.1, 0.15) is 0 Å². The summed E-state index contributed by atoms with van der Waals surface area (Å²) in [4.78, 5) is 0. The van der Waals surface area contributed by atoms with Gasteiger partial charge in [-0.05, 0) is 37.7 Å². The van der Waals surface area contributed by atoms with Gasteiger partial charge in [0.2, 0.25) is 0 Å². The van der Waals surface area contributed by atoms with Gasteiger partial charge in [-0.2, -0.15) is 0 Å². The lowest BCUT2D eigenvalue weighted by molar-refractivity contribution is 0.194. The number of hydrogen-bond acceptors (Lipinski definition) is 1. The molecule has 0 aromatic rings. The Morgan fingerprint density at radius 2 is 2.25 bits per heavy atom. The van der Waals surface area contributed by atoms with Crippen molar-refractivity contribution in [1.82, 2.24) is 0 Å². The molecule has 12 heavy (non-hydrogen) atoms. The molecule has 0 aliphatic heterocycles. The van der Waals surface area contributed by atoms with Crippen LogP contribution in [0.15, 0.2) is 11.6 Å². The van der Waals surface area contributed by atoms with E-state index >= 15 is 0 Å². The highest BCUT2D eigenvalue weighted by molar-refractivity contribution is 5.08. The maximum absolute atomic E-state index is 9.73. The Morgan fingerprint density at radius 1 is 1.42 bits per heavy atom. The fourth-order valence-electron chi connectivity index (χ4n) is 1.80. The molecule has 70 valence electrons. The lowest BCUT2D eigenvalue weighted by atomic mass is 10.0. The molecule has 1 aliphatic carbocycles. The number of rotatable bonds is 3. The molecule has 0 bridgehead atoms. The van der Waals surface area contributed by atoms with Crippen LogP contribution in [0.3, 0.4) is 0 Å². The molecule has 1 heteroatoms. The van der Waals surface area contributed by atoms with Crippen molar-refractivity contribution in [3.8, 4) is 0 Å². The molecule has 1 atom stereocenters. The van der Waals surface area contributed by atoms with Crippen molar-refractivity contribution in [2.75, 3.05) is 0 Å². The molecular weight excluding hydrogens is 148 g/mol. The zero-order valence-electron chi connectivity index (χ0n) is 8.05. The lowest BCUT2D eigenvalue weighted by Gasteiger charge is -2.12. The summed E-state index contributed by atoms with van der Waals surface area (Å²) in [5.74, 6) is 0. The number of aliphatic hydroxyl groups is 1. The van der Waals surface area contributed by atoms with E-state index in [0.717, 1.165) is 19.3 Å². The number of allylic oxidation sites excluding steroid dienone is 1. The van der Waals surface area contributed by atoms with E-state index in [0.29, 0.717) is 0 Å². The van der Waals surface area contributed by atoms with Crippen LogP contribution < -0.4 is 0 Å². The van der Waals surface area contributed by atoms with E-state index < -0.39 is 0 Å². The van der Waals surface area contributed by atoms with Gasteiger partial charge in [0.05, 0.1) is 6.10 Å². The van der Waals surface area contributed by atoms with Gasteiger partial charge in [0.25, 0.3) is 0 Å². The largest absolute Gasteiger partial charge is 0.389 e. The van der Waals surface area contributed by atoms with Crippen LogP contribution in [0, 0.1) is 0 Å². The highest BCUT2D eigenvalue weighted by Gasteiger charge is 2.10. The van der Waals surface area contributed by atoms with E-state index in [2.05, 4.69) is 13.0 Å². The predicted molar refractivity (Wildman–Crippen MR) is 52.1 cm³/mol. The smallest absolute Gasteiger partial charge is 0.0750 e. The molecule has 1 nitrogen and oxygen atoms in total. The molecule has 0 amide bonds. The van der Waals surface area contributed by atoms with Crippen LogP contribution in [0.4, 0.5) is 0 Å².